The highest BCUT2D eigenvalue weighted by molar-refractivity contribution is 7.90. The third kappa shape index (κ3) is 9.47. The van der Waals surface area contributed by atoms with E-state index in [-0.39, 0.29) is 12.2 Å². The molecule has 0 aliphatic rings. The number of sulfone groups is 1. The first kappa shape index (κ1) is 13.4. The van der Waals surface area contributed by atoms with Gasteiger partial charge in [0.15, 0.2) is 0 Å². The summed E-state index contributed by atoms with van der Waals surface area (Å²) < 4.78 is 21.4. The van der Waals surface area contributed by atoms with Gasteiger partial charge in [0, 0.05) is 12.7 Å². The zero-order chi connectivity index (χ0) is 11.2. The standard InChI is InChI=1S/C8H17NO4S/c1-7(2)6-13-9-8(10)4-5-14(3,11)12/h7H,4-6H2,1-3H3,(H,9,10). The van der Waals surface area contributed by atoms with Gasteiger partial charge in [-0.3, -0.25) is 9.63 Å². The van der Waals surface area contributed by atoms with E-state index in [1.54, 1.807) is 0 Å². The van der Waals surface area contributed by atoms with E-state index in [1.165, 1.54) is 0 Å². The van der Waals surface area contributed by atoms with Crippen LogP contribution >= 0.6 is 0 Å². The summed E-state index contributed by atoms with van der Waals surface area (Å²) >= 11 is 0. The molecule has 0 saturated carbocycles. The van der Waals surface area contributed by atoms with Gasteiger partial charge in [0.1, 0.15) is 9.84 Å². The van der Waals surface area contributed by atoms with Crippen molar-refractivity contribution in [1.82, 2.24) is 5.48 Å². The SMILES string of the molecule is CC(C)CONC(=O)CCS(C)(=O)=O. The smallest absolute Gasteiger partial charge is 0.244 e. The Morgan fingerprint density at radius 3 is 2.43 bits per heavy atom. The lowest BCUT2D eigenvalue weighted by Gasteiger charge is -2.07. The number of hydrogen-bond acceptors (Lipinski definition) is 4. The summed E-state index contributed by atoms with van der Waals surface area (Å²) in [6.07, 6.45) is 1.03. The molecule has 84 valence electrons. The van der Waals surface area contributed by atoms with E-state index in [2.05, 4.69) is 5.48 Å². The summed E-state index contributed by atoms with van der Waals surface area (Å²) in [5.41, 5.74) is 2.18. The molecular formula is C8H17NO4S. The van der Waals surface area contributed by atoms with Crippen LogP contribution in [0, 0.1) is 5.92 Å². The third-order valence-electron chi connectivity index (χ3n) is 1.30. The van der Waals surface area contributed by atoms with E-state index < -0.39 is 15.7 Å². The normalized spacial score (nSPS) is 11.7. The lowest BCUT2D eigenvalue weighted by atomic mass is 10.2. The maximum atomic E-state index is 11.0. The first-order valence-corrected chi connectivity index (χ1v) is 6.45. The van der Waals surface area contributed by atoms with Crippen LogP contribution in [-0.4, -0.2) is 32.9 Å². The molecule has 14 heavy (non-hydrogen) atoms. The molecule has 0 aliphatic heterocycles. The quantitative estimate of drug-likeness (QED) is 0.649. The molecule has 6 heteroatoms. The second kappa shape index (κ2) is 5.98. The minimum atomic E-state index is -3.08. The number of rotatable bonds is 6. The van der Waals surface area contributed by atoms with Crippen LogP contribution < -0.4 is 5.48 Å². The zero-order valence-corrected chi connectivity index (χ0v) is 9.56. The average molecular weight is 223 g/mol. The first-order valence-electron chi connectivity index (χ1n) is 4.39. The molecular weight excluding hydrogens is 206 g/mol. The second-order valence-corrected chi connectivity index (χ2v) is 5.87. The van der Waals surface area contributed by atoms with E-state index in [0.717, 1.165) is 6.26 Å². The van der Waals surface area contributed by atoms with Crippen molar-refractivity contribution < 1.29 is 18.0 Å². The molecule has 0 heterocycles. The Morgan fingerprint density at radius 2 is 2.00 bits per heavy atom. The topological polar surface area (TPSA) is 72.5 Å². The highest BCUT2D eigenvalue weighted by Gasteiger charge is 2.07. The Labute approximate surface area is 84.7 Å². The summed E-state index contributed by atoms with van der Waals surface area (Å²) in [5, 5.41) is 0. The van der Waals surface area contributed by atoms with E-state index in [0.29, 0.717) is 12.5 Å². The molecule has 0 unspecified atom stereocenters. The Kier molecular flexibility index (Phi) is 5.71. The first-order chi connectivity index (χ1) is 6.31. The van der Waals surface area contributed by atoms with Gasteiger partial charge in [0.25, 0.3) is 0 Å². The maximum Gasteiger partial charge on any atom is 0.244 e. The zero-order valence-electron chi connectivity index (χ0n) is 8.74. The predicted molar refractivity (Wildman–Crippen MR) is 53.3 cm³/mol. The van der Waals surface area contributed by atoms with Crippen molar-refractivity contribution in [3.05, 3.63) is 0 Å². The molecule has 0 bridgehead atoms. The minimum Gasteiger partial charge on any atom is -0.273 e. The summed E-state index contributed by atoms with van der Waals surface area (Å²) in [7, 11) is -3.08. The lowest BCUT2D eigenvalue weighted by molar-refractivity contribution is -0.133. The van der Waals surface area contributed by atoms with Crippen LogP contribution in [0.2, 0.25) is 0 Å². The van der Waals surface area contributed by atoms with Gasteiger partial charge in [-0.25, -0.2) is 13.9 Å². The molecule has 0 spiro atoms. The number of hydroxylamine groups is 1. The van der Waals surface area contributed by atoms with E-state index in [9.17, 15) is 13.2 Å². The summed E-state index contributed by atoms with van der Waals surface area (Å²) in [6.45, 7) is 4.32. The molecule has 0 aliphatic carbocycles. The van der Waals surface area contributed by atoms with Gasteiger partial charge in [-0.1, -0.05) is 13.8 Å². The van der Waals surface area contributed by atoms with Gasteiger partial charge < -0.3 is 0 Å². The Morgan fingerprint density at radius 1 is 1.43 bits per heavy atom. The van der Waals surface area contributed by atoms with Crippen molar-refractivity contribution in [3.63, 3.8) is 0 Å². The summed E-state index contributed by atoms with van der Waals surface area (Å²) in [5.74, 6) is -0.231. The van der Waals surface area contributed by atoms with Crippen LogP contribution in [0.3, 0.4) is 0 Å². The van der Waals surface area contributed by atoms with E-state index in [4.69, 9.17) is 4.84 Å². The van der Waals surface area contributed by atoms with Crippen molar-refractivity contribution >= 4 is 15.7 Å². The average Bonchev–Trinajstić information content (AvgIpc) is 1.99. The molecule has 0 aromatic heterocycles. The van der Waals surface area contributed by atoms with Crippen LogP contribution in [0.1, 0.15) is 20.3 Å². The molecule has 0 radical (unpaired) electrons. The molecule has 1 N–H and O–H groups in total. The van der Waals surface area contributed by atoms with E-state index in [1.807, 2.05) is 13.8 Å². The van der Waals surface area contributed by atoms with Crippen LogP contribution in [0.4, 0.5) is 0 Å². The van der Waals surface area contributed by atoms with Crippen molar-refractivity contribution in [1.29, 1.82) is 0 Å². The van der Waals surface area contributed by atoms with Gasteiger partial charge in [-0.15, -0.1) is 0 Å². The van der Waals surface area contributed by atoms with E-state index >= 15 is 0 Å². The Balaban J connectivity index is 3.57. The van der Waals surface area contributed by atoms with Crippen molar-refractivity contribution in [3.8, 4) is 0 Å². The molecule has 0 fully saturated rings. The fourth-order valence-corrected chi connectivity index (χ4v) is 1.17. The van der Waals surface area contributed by atoms with Gasteiger partial charge in [-0.05, 0) is 5.92 Å². The number of nitrogens with one attached hydrogen (secondary N) is 1. The van der Waals surface area contributed by atoms with Gasteiger partial charge in [-0.2, -0.15) is 0 Å². The number of carbonyl (C=O) groups is 1. The number of amides is 1. The fourth-order valence-electron chi connectivity index (χ4n) is 0.618. The second-order valence-electron chi connectivity index (χ2n) is 3.61. The maximum absolute atomic E-state index is 11.0. The molecule has 1 amide bonds. The number of carbonyl (C=O) groups excluding carboxylic acids is 1. The lowest BCUT2D eigenvalue weighted by Crippen LogP contribution is -2.27. The Hall–Kier alpha value is -0.620. The number of hydrogen-bond donors (Lipinski definition) is 1. The highest BCUT2D eigenvalue weighted by atomic mass is 32.2. The van der Waals surface area contributed by atoms with Gasteiger partial charge in [0.05, 0.1) is 12.4 Å². The fraction of sp³-hybridized carbons (Fsp3) is 0.875. The Bertz CT molecular complexity index is 271. The minimum absolute atomic E-state index is 0.0586. The molecule has 0 aromatic rings. The molecule has 0 saturated heterocycles. The molecule has 0 rings (SSSR count). The molecule has 0 atom stereocenters. The predicted octanol–water partition coefficient (Wildman–Crippen LogP) is 0.125. The monoisotopic (exact) mass is 223 g/mol. The summed E-state index contributed by atoms with van der Waals surface area (Å²) in [6, 6.07) is 0. The van der Waals surface area contributed by atoms with Crippen LogP contribution in [-0.2, 0) is 19.5 Å². The van der Waals surface area contributed by atoms with Gasteiger partial charge >= 0.3 is 0 Å². The largest absolute Gasteiger partial charge is 0.273 e. The summed E-state index contributed by atoms with van der Waals surface area (Å²) in [4.78, 5) is 15.8. The van der Waals surface area contributed by atoms with Crippen LogP contribution in [0.5, 0.6) is 0 Å². The van der Waals surface area contributed by atoms with Gasteiger partial charge in [0.2, 0.25) is 5.91 Å². The van der Waals surface area contributed by atoms with Crippen molar-refractivity contribution in [2.75, 3.05) is 18.6 Å². The van der Waals surface area contributed by atoms with Crippen molar-refractivity contribution in [2.24, 2.45) is 5.92 Å². The molecule has 0 aromatic carbocycles. The van der Waals surface area contributed by atoms with Crippen LogP contribution in [0.25, 0.3) is 0 Å². The highest BCUT2D eigenvalue weighted by Crippen LogP contribution is 1.92. The third-order valence-corrected chi connectivity index (χ3v) is 2.25. The van der Waals surface area contributed by atoms with Crippen LogP contribution in [0.15, 0.2) is 0 Å². The van der Waals surface area contributed by atoms with Crippen molar-refractivity contribution in [2.45, 2.75) is 20.3 Å². The molecule has 5 nitrogen and oxygen atoms in total.